The Kier molecular flexibility index (Phi) is 3.24. The summed E-state index contributed by atoms with van der Waals surface area (Å²) < 4.78 is 0. The van der Waals surface area contributed by atoms with E-state index in [4.69, 9.17) is 0 Å². The molecule has 0 aliphatic carbocycles. The van der Waals surface area contributed by atoms with Crippen LogP contribution < -0.4 is 0 Å². The van der Waals surface area contributed by atoms with Crippen LogP contribution in [0.15, 0.2) is 48.5 Å². The van der Waals surface area contributed by atoms with Gasteiger partial charge in [-0.25, -0.2) is 0 Å². The Balaban J connectivity index is 2.20. The van der Waals surface area contributed by atoms with Crippen molar-refractivity contribution in [2.45, 2.75) is 13.3 Å². The summed E-state index contributed by atoms with van der Waals surface area (Å²) in [5.74, 6) is 0.198. The number of phenols is 1. The van der Waals surface area contributed by atoms with Gasteiger partial charge in [-0.2, -0.15) is 0 Å². The van der Waals surface area contributed by atoms with Crippen LogP contribution in [0.2, 0.25) is 0 Å². The van der Waals surface area contributed by atoms with Gasteiger partial charge in [0.15, 0.2) is 5.78 Å². The number of aryl methyl sites for hydroxylation is 1. The lowest BCUT2D eigenvalue weighted by atomic mass is 10.0. The van der Waals surface area contributed by atoms with Crippen LogP contribution in [-0.2, 0) is 6.42 Å². The van der Waals surface area contributed by atoms with Crippen molar-refractivity contribution < 1.29 is 9.90 Å². The van der Waals surface area contributed by atoms with Crippen molar-refractivity contribution in [1.82, 2.24) is 0 Å². The van der Waals surface area contributed by atoms with Crippen LogP contribution in [0.4, 0.5) is 0 Å². The molecule has 0 aromatic heterocycles. The number of carbonyl (C=O) groups excluding carboxylic acids is 1. The molecule has 0 heterocycles. The first-order valence-corrected chi connectivity index (χ1v) is 5.53. The van der Waals surface area contributed by atoms with E-state index >= 15 is 0 Å². The molecule has 0 atom stereocenters. The third-order valence-electron chi connectivity index (χ3n) is 2.68. The molecule has 2 aromatic rings. The second-order valence-corrected chi connectivity index (χ2v) is 4.10. The first-order chi connectivity index (χ1) is 8.16. The number of para-hydroxylation sites is 1. The highest BCUT2D eigenvalue weighted by atomic mass is 16.3. The Hall–Kier alpha value is -2.09. The zero-order valence-corrected chi connectivity index (χ0v) is 9.68. The van der Waals surface area contributed by atoms with E-state index in [0.717, 1.165) is 5.56 Å². The van der Waals surface area contributed by atoms with Gasteiger partial charge in [0.2, 0.25) is 0 Å². The molecule has 2 aromatic carbocycles. The minimum Gasteiger partial charge on any atom is -0.508 e. The number of Topliss-reactive ketones (excluding diaryl/α,β-unsaturated/α-hetero) is 1. The summed E-state index contributed by atoms with van der Waals surface area (Å²) in [6.45, 7) is 1.96. The molecular weight excluding hydrogens is 212 g/mol. The van der Waals surface area contributed by atoms with Gasteiger partial charge in [-0.15, -0.1) is 0 Å². The second-order valence-electron chi connectivity index (χ2n) is 4.10. The minimum absolute atomic E-state index is 0.0233. The average Bonchev–Trinajstić information content (AvgIpc) is 2.32. The van der Waals surface area contributed by atoms with E-state index in [1.54, 1.807) is 24.3 Å². The Morgan fingerprint density at radius 1 is 1.12 bits per heavy atom. The van der Waals surface area contributed by atoms with E-state index in [9.17, 15) is 9.90 Å². The SMILES string of the molecule is Cc1cccc(C(=O)Cc2ccccc2O)c1. The molecule has 0 amide bonds. The van der Waals surface area contributed by atoms with Crippen molar-refractivity contribution in [2.24, 2.45) is 0 Å². The topological polar surface area (TPSA) is 37.3 Å². The molecule has 17 heavy (non-hydrogen) atoms. The predicted octanol–water partition coefficient (Wildman–Crippen LogP) is 3.13. The van der Waals surface area contributed by atoms with Gasteiger partial charge in [0.05, 0.1) is 0 Å². The first kappa shape index (κ1) is 11.4. The van der Waals surface area contributed by atoms with Crippen molar-refractivity contribution in [3.63, 3.8) is 0 Å². The standard InChI is InChI=1S/C15H14O2/c1-11-5-4-7-12(9-11)15(17)10-13-6-2-3-8-14(13)16/h2-9,16H,10H2,1H3. The number of carbonyl (C=O) groups is 1. The zero-order chi connectivity index (χ0) is 12.3. The summed E-state index contributed by atoms with van der Waals surface area (Å²) in [7, 11) is 0. The second kappa shape index (κ2) is 4.83. The van der Waals surface area contributed by atoms with E-state index < -0.39 is 0 Å². The molecule has 0 spiro atoms. The highest BCUT2D eigenvalue weighted by Crippen LogP contribution is 2.18. The van der Waals surface area contributed by atoms with Gasteiger partial charge in [0, 0.05) is 17.5 Å². The zero-order valence-electron chi connectivity index (χ0n) is 9.68. The van der Waals surface area contributed by atoms with Crippen LogP contribution >= 0.6 is 0 Å². The summed E-state index contributed by atoms with van der Waals surface area (Å²) in [6.07, 6.45) is 0.232. The fourth-order valence-corrected chi connectivity index (χ4v) is 1.75. The van der Waals surface area contributed by atoms with Crippen LogP contribution in [0.5, 0.6) is 5.75 Å². The molecule has 0 saturated heterocycles. The molecule has 0 aliphatic heterocycles. The molecule has 0 aliphatic rings. The summed E-state index contributed by atoms with van der Waals surface area (Å²) >= 11 is 0. The van der Waals surface area contributed by atoms with Crippen molar-refractivity contribution in [1.29, 1.82) is 0 Å². The maximum atomic E-state index is 12.0. The predicted molar refractivity (Wildman–Crippen MR) is 67.3 cm³/mol. The molecular formula is C15H14O2. The van der Waals surface area contributed by atoms with Gasteiger partial charge in [-0.3, -0.25) is 4.79 Å². The van der Waals surface area contributed by atoms with E-state index in [1.807, 2.05) is 31.2 Å². The van der Waals surface area contributed by atoms with Gasteiger partial charge in [0.1, 0.15) is 5.75 Å². The lowest BCUT2D eigenvalue weighted by molar-refractivity contribution is 0.0992. The normalized spacial score (nSPS) is 10.2. The van der Waals surface area contributed by atoms with Crippen molar-refractivity contribution in [2.75, 3.05) is 0 Å². The van der Waals surface area contributed by atoms with Gasteiger partial charge in [-0.05, 0) is 19.1 Å². The molecule has 2 heteroatoms. The summed E-state index contributed by atoms with van der Waals surface area (Å²) in [6, 6.07) is 14.4. The quantitative estimate of drug-likeness (QED) is 0.816. The Morgan fingerprint density at radius 2 is 1.88 bits per heavy atom. The van der Waals surface area contributed by atoms with Crippen molar-refractivity contribution >= 4 is 5.78 Å². The number of rotatable bonds is 3. The Labute approximate surface area is 101 Å². The van der Waals surface area contributed by atoms with Crippen molar-refractivity contribution in [3.8, 4) is 5.75 Å². The molecule has 1 N–H and O–H groups in total. The molecule has 0 unspecified atom stereocenters. The van der Waals surface area contributed by atoms with Gasteiger partial charge < -0.3 is 5.11 Å². The third kappa shape index (κ3) is 2.72. The Bertz CT molecular complexity index is 544. The summed E-state index contributed by atoms with van der Waals surface area (Å²) in [5.41, 5.74) is 2.42. The largest absolute Gasteiger partial charge is 0.508 e. The number of phenolic OH excluding ortho intramolecular Hbond substituents is 1. The fraction of sp³-hybridized carbons (Fsp3) is 0.133. The maximum Gasteiger partial charge on any atom is 0.167 e. The maximum absolute atomic E-state index is 12.0. The number of aromatic hydroxyl groups is 1. The van der Waals surface area contributed by atoms with Crippen LogP contribution in [0.25, 0.3) is 0 Å². The Morgan fingerprint density at radius 3 is 2.59 bits per heavy atom. The molecule has 2 rings (SSSR count). The van der Waals surface area contributed by atoms with E-state index in [-0.39, 0.29) is 18.0 Å². The number of ketones is 1. The van der Waals surface area contributed by atoms with Crippen LogP contribution in [0.1, 0.15) is 21.5 Å². The lowest BCUT2D eigenvalue weighted by Crippen LogP contribution is -2.03. The molecule has 2 nitrogen and oxygen atoms in total. The molecule has 86 valence electrons. The molecule has 0 fully saturated rings. The van der Waals surface area contributed by atoms with Crippen molar-refractivity contribution in [3.05, 3.63) is 65.2 Å². The molecule has 0 saturated carbocycles. The molecule has 0 radical (unpaired) electrons. The average molecular weight is 226 g/mol. The van der Waals surface area contributed by atoms with Gasteiger partial charge in [0.25, 0.3) is 0 Å². The van der Waals surface area contributed by atoms with Crippen LogP contribution in [0, 0.1) is 6.92 Å². The van der Waals surface area contributed by atoms with Crippen LogP contribution in [0.3, 0.4) is 0 Å². The third-order valence-corrected chi connectivity index (χ3v) is 2.68. The smallest absolute Gasteiger partial charge is 0.167 e. The number of benzene rings is 2. The highest BCUT2D eigenvalue weighted by molar-refractivity contribution is 5.97. The number of hydrogen-bond acceptors (Lipinski definition) is 2. The summed E-state index contributed by atoms with van der Waals surface area (Å²) in [5, 5.41) is 9.61. The van der Waals surface area contributed by atoms with E-state index in [0.29, 0.717) is 11.1 Å². The van der Waals surface area contributed by atoms with Crippen LogP contribution in [-0.4, -0.2) is 10.9 Å². The first-order valence-electron chi connectivity index (χ1n) is 5.53. The highest BCUT2D eigenvalue weighted by Gasteiger charge is 2.09. The molecule has 0 bridgehead atoms. The van der Waals surface area contributed by atoms with E-state index in [2.05, 4.69) is 0 Å². The number of hydrogen-bond donors (Lipinski definition) is 1. The van der Waals surface area contributed by atoms with Gasteiger partial charge >= 0.3 is 0 Å². The monoisotopic (exact) mass is 226 g/mol. The fourth-order valence-electron chi connectivity index (χ4n) is 1.75. The van der Waals surface area contributed by atoms with Gasteiger partial charge in [-0.1, -0.05) is 42.0 Å². The summed E-state index contributed by atoms with van der Waals surface area (Å²) in [4.78, 5) is 12.0. The van der Waals surface area contributed by atoms with E-state index in [1.165, 1.54) is 0 Å². The lowest BCUT2D eigenvalue weighted by Gasteiger charge is -2.04. The minimum atomic E-state index is 0.0233.